The quantitative estimate of drug-likeness (QED) is 0.766. The summed E-state index contributed by atoms with van der Waals surface area (Å²) < 4.78 is 2.49. The van der Waals surface area contributed by atoms with Crippen molar-refractivity contribution in [1.29, 1.82) is 0 Å². The van der Waals surface area contributed by atoms with E-state index >= 15 is 0 Å². The maximum absolute atomic E-state index is 2.81. The van der Waals surface area contributed by atoms with Gasteiger partial charge < -0.3 is 4.57 Å². The average Bonchev–Trinajstić information content (AvgIpc) is 3.17. The highest BCUT2D eigenvalue weighted by atomic mass is 15.3. The van der Waals surface area contributed by atoms with Gasteiger partial charge >= 0.3 is 0 Å². The van der Waals surface area contributed by atoms with Crippen LogP contribution in [-0.2, 0) is 6.54 Å². The SMILES string of the molecule is c1ccc([C@@H]2[C@@H]3Cn4cccc4[C@@H]3N3CCC[C@H]23)cc1. The molecule has 2 fully saturated rings. The summed E-state index contributed by atoms with van der Waals surface area (Å²) in [5, 5.41) is 0. The maximum Gasteiger partial charge on any atom is 0.0555 e. The van der Waals surface area contributed by atoms with E-state index in [1.165, 1.54) is 25.9 Å². The molecule has 2 nitrogen and oxygen atoms in total. The summed E-state index contributed by atoms with van der Waals surface area (Å²) in [5.41, 5.74) is 3.11. The molecule has 0 unspecified atom stereocenters. The van der Waals surface area contributed by atoms with Crippen molar-refractivity contribution in [3.05, 3.63) is 59.9 Å². The largest absolute Gasteiger partial charge is 0.350 e. The molecule has 2 aromatic rings. The van der Waals surface area contributed by atoms with Crippen LogP contribution < -0.4 is 0 Å². The Labute approximate surface area is 120 Å². The van der Waals surface area contributed by atoms with Crippen LogP contribution in [0.5, 0.6) is 0 Å². The van der Waals surface area contributed by atoms with Crippen molar-refractivity contribution in [2.75, 3.05) is 6.54 Å². The van der Waals surface area contributed by atoms with Crippen LogP contribution in [-0.4, -0.2) is 22.1 Å². The number of hydrogen-bond acceptors (Lipinski definition) is 1. The second kappa shape index (κ2) is 3.98. The molecule has 0 saturated carbocycles. The molecule has 2 heteroatoms. The number of benzene rings is 1. The standard InChI is InChI=1S/C18H20N2/c1-2-6-13(7-3-1)17-14-12-19-10-4-9-16(19)18(14)20-11-5-8-15(17)20/h1-4,6-7,9-10,14-15,17-18H,5,8,11-12H2/t14-,15+,17+,18+/m0/s1. The molecule has 3 aliphatic heterocycles. The third-order valence-electron chi connectivity index (χ3n) is 5.74. The van der Waals surface area contributed by atoms with Crippen molar-refractivity contribution in [3.8, 4) is 0 Å². The van der Waals surface area contributed by atoms with Crippen LogP contribution in [0.1, 0.15) is 36.1 Å². The number of rotatable bonds is 1. The lowest BCUT2D eigenvalue weighted by molar-refractivity contribution is 0.235. The van der Waals surface area contributed by atoms with Gasteiger partial charge in [-0.05, 0) is 37.1 Å². The summed E-state index contributed by atoms with van der Waals surface area (Å²) in [5.74, 6) is 1.50. The Hall–Kier alpha value is -1.54. The molecule has 1 aromatic heterocycles. The van der Waals surface area contributed by atoms with Crippen LogP contribution in [0.2, 0.25) is 0 Å². The van der Waals surface area contributed by atoms with Crippen LogP contribution >= 0.6 is 0 Å². The van der Waals surface area contributed by atoms with Gasteiger partial charge in [-0.25, -0.2) is 0 Å². The Morgan fingerprint density at radius 1 is 1.00 bits per heavy atom. The number of hydrogen-bond donors (Lipinski definition) is 0. The van der Waals surface area contributed by atoms with Crippen LogP contribution in [0.15, 0.2) is 48.7 Å². The van der Waals surface area contributed by atoms with Crippen LogP contribution in [0.3, 0.4) is 0 Å². The highest BCUT2D eigenvalue weighted by molar-refractivity contribution is 5.31. The fourth-order valence-electron chi connectivity index (χ4n) is 5.11. The van der Waals surface area contributed by atoms with Gasteiger partial charge in [0.15, 0.2) is 0 Å². The zero-order valence-electron chi connectivity index (χ0n) is 11.7. The van der Waals surface area contributed by atoms with E-state index in [1.54, 1.807) is 11.3 Å². The molecule has 0 N–H and O–H groups in total. The highest BCUT2D eigenvalue weighted by Gasteiger charge is 2.54. The predicted molar refractivity (Wildman–Crippen MR) is 79.6 cm³/mol. The average molecular weight is 264 g/mol. The van der Waals surface area contributed by atoms with Crippen LogP contribution in [0.25, 0.3) is 0 Å². The van der Waals surface area contributed by atoms with E-state index in [-0.39, 0.29) is 0 Å². The van der Waals surface area contributed by atoms with E-state index in [0.29, 0.717) is 6.04 Å². The molecular formula is C18H20N2. The minimum atomic E-state index is 0.669. The van der Waals surface area contributed by atoms with Gasteiger partial charge in [-0.15, -0.1) is 0 Å². The fourth-order valence-corrected chi connectivity index (χ4v) is 5.11. The number of fused-ring (bicyclic) bond motifs is 5. The van der Waals surface area contributed by atoms with E-state index in [9.17, 15) is 0 Å². The first-order chi connectivity index (χ1) is 9.93. The molecule has 1 aromatic carbocycles. The number of nitrogens with zero attached hydrogens (tertiary/aromatic N) is 2. The molecule has 0 radical (unpaired) electrons. The van der Waals surface area contributed by atoms with Crippen molar-refractivity contribution in [2.24, 2.45) is 5.92 Å². The summed E-state index contributed by atoms with van der Waals surface area (Å²) in [6.45, 7) is 2.50. The Morgan fingerprint density at radius 2 is 1.90 bits per heavy atom. The summed E-state index contributed by atoms with van der Waals surface area (Å²) in [4.78, 5) is 2.81. The van der Waals surface area contributed by atoms with Crippen molar-refractivity contribution in [2.45, 2.75) is 37.4 Å². The van der Waals surface area contributed by atoms with Crippen molar-refractivity contribution >= 4 is 0 Å². The normalized spacial score (nSPS) is 35.0. The van der Waals surface area contributed by atoms with Crippen LogP contribution in [0.4, 0.5) is 0 Å². The molecule has 0 aliphatic carbocycles. The van der Waals surface area contributed by atoms with E-state index in [1.807, 2.05) is 0 Å². The molecule has 5 rings (SSSR count). The van der Waals surface area contributed by atoms with Gasteiger partial charge in [0.05, 0.1) is 6.04 Å². The monoisotopic (exact) mass is 264 g/mol. The Bertz CT molecular complexity index is 630. The maximum atomic E-state index is 2.81. The molecule has 2 saturated heterocycles. The van der Waals surface area contributed by atoms with Gasteiger partial charge in [-0.1, -0.05) is 30.3 Å². The molecule has 4 atom stereocenters. The predicted octanol–water partition coefficient (Wildman–Crippen LogP) is 3.42. The lowest BCUT2D eigenvalue weighted by atomic mass is 9.81. The zero-order chi connectivity index (χ0) is 13.1. The minimum Gasteiger partial charge on any atom is -0.350 e. The molecule has 0 spiro atoms. The third-order valence-corrected chi connectivity index (χ3v) is 5.74. The van der Waals surface area contributed by atoms with Gasteiger partial charge in [0.25, 0.3) is 0 Å². The van der Waals surface area contributed by atoms with Gasteiger partial charge in [-0.3, -0.25) is 4.90 Å². The third kappa shape index (κ3) is 1.33. The summed E-state index contributed by atoms with van der Waals surface area (Å²) in [6.07, 6.45) is 5.02. The lowest BCUT2D eigenvalue weighted by Crippen LogP contribution is -2.27. The molecule has 4 heterocycles. The van der Waals surface area contributed by atoms with Gasteiger partial charge in [0.2, 0.25) is 0 Å². The fraction of sp³-hybridized carbons (Fsp3) is 0.444. The molecule has 20 heavy (non-hydrogen) atoms. The first-order valence-electron chi connectivity index (χ1n) is 7.89. The van der Waals surface area contributed by atoms with E-state index in [4.69, 9.17) is 0 Å². The summed E-state index contributed by atoms with van der Waals surface area (Å²) >= 11 is 0. The molecule has 0 bridgehead atoms. The molecule has 3 aliphatic rings. The van der Waals surface area contributed by atoms with Gasteiger partial charge in [0, 0.05) is 36.3 Å². The van der Waals surface area contributed by atoms with Crippen LogP contribution in [0, 0.1) is 5.92 Å². The van der Waals surface area contributed by atoms with Crippen molar-refractivity contribution < 1.29 is 0 Å². The van der Waals surface area contributed by atoms with Gasteiger partial charge in [-0.2, -0.15) is 0 Å². The molecule has 102 valence electrons. The highest BCUT2D eigenvalue weighted by Crippen LogP contribution is 2.56. The Morgan fingerprint density at radius 3 is 2.80 bits per heavy atom. The second-order valence-corrected chi connectivity index (χ2v) is 6.58. The van der Waals surface area contributed by atoms with E-state index in [0.717, 1.165) is 17.9 Å². The van der Waals surface area contributed by atoms with Crippen molar-refractivity contribution in [1.82, 2.24) is 9.47 Å². The first-order valence-corrected chi connectivity index (χ1v) is 7.89. The topological polar surface area (TPSA) is 8.17 Å². The smallest absolute Gasteiger partial charge is 0.0555 e. The first kappa shape index (κ1) is 11.2. The van der Waals surface area contributed by atoms with E-state index < -0.39 is 0 Å². The number of aromatic nitrogens is 1. The van der Waals surface area contributed by atoms with Crippen molar-refractivity contribution in [3.63, 3.8) is 0 Å². The minimum absolute atomic E-state index is 0.669. The van der Waals surface area contributed by atoms with Gasteiger partial charge in [0.1, 0.15) is 0 Å². The Balaban J connectivity index is 1.62. The second-order valence-electron chi connectivity index (χ2n) is 6.58. The summed E-state index contributed by atoms with van der Waals surface area (Å²) in [6, 6.07) is 17.2. The van der Waals surface area contributed by atoms with E-state index in [2.05, 4.69) is 58.1 Å². The Kier molecular flexibility index (Phi) is 2.22. The zero-order valence-corrected chi connectivity index (χ0v) is 11.7. The lowest BCUT2D eigenvalue weighted by Gasteiger charge is -2.24. The molecule has 0 amide bonds. The molecular weight excluding hydrogens is 244 g/mol. The summed E-state index contributed by atoms with van der Waals surface area (Å²) in [7, 11) is 0.